The van der Waals surface area contributed by atoms with Gasteiger partial charge < -0.3 is 24.8 Å². The lowest BCUT2D eigenvalue weighted by Crippen LogP contribution is -2.39. The molecule has 2 N–H and O–H groups in total. The van der Waals surface area contributed by atoms with Gasteiger partial charge in [-0.1, -0.05) is 11.6 Å². The van der Waals surface area contributed by atoms with E-state index in [0.29, 0.717) is 18.0 Å². The molecule has 1 atom stereocenters. The second-order valence-electron chi connectivity index (χ2n) is 7.07. The van der Waals surface area contributed by atoms with Crippen molar-refractivity contribution < 1.29 is 28.6 Å². The molecule has 0 bridgehead atoms. The Hall–Kier alpha value is -3.03. The van der Waals surface area contributed by atoms with E-state index >= 15 is 0 Å². The summed E-state index contributed by atoms with van der Waals surface area (Å²) < 4.78 is 15.3. The largest absolute Gasteiger partial charge is 0.497 e. The van der Waals surface area contributed by atoms with Crippen molar-refractivity contribution >= 4 is 17.8 Å². The Morgan fingerprint density at radius 1 is 1.03 bits per heavy atom. The van der Waals surface area contributed by atoms with E-state index in [9.17, 15) is 14.4 Å². The van der Waals surface area contributed by atoms with Crippen LogP contribution in [0.5, 0.6) is 11.5 Å². The van der Waals surface area contributed by atoms with Crippen molar-refractivity contribution in [3.8, 4) is 11.5 Å². The van der Waals surface area contributed by atoms with Crippen LogP contribution in [-0.4, -0.2) is 51.2 Å². The Morgan fingerprint density at radius 3 is 2.33 bits per heavy atom. The van der Waals surface area contributed by atoms with Gasteiger partial charge in [-0.3, -0.25) is 14.4 Å². The van der Waals surface area contributed by atoms with Crippen molar-refractivity contribution in [2.24, 2.45) is 0 Å². The zero-order chi connectivity index (χ0) is 21.9. The molecule has 1 aromatic rings. The van der Waals surface area contributed by atoms with Crippen molar-refractivity contribution in [3.63, 3.8) is 0 Å². The number of hydrogen-bond donors (Lipinski definition) is 2. The van der Waals surface area contributed by atoms with E-state index in [1.165, 1.54) is 51.7 Å². The first-order valence-electron chi connectivity index (χ1n) is 10.1. The zero-order valence-corrected chi connectivity index (χ0v) is 17.8. The highest BCUT2D eigenvalue weighted by molar-refractivity contribution is 5.96. The summed E-state index contributed by atoms with van der Waals surface area (Å²) in [6, 6.07) is 4.69. The molecular weight excluding hydrogens is 388 g/mol. The van der Waals surface area contributed by atoms with Gasteiger partial charge in [-0.25, -0.2) is 0 Å². The molecule has 0 saturated heterocycles. The lowest BCUT2D eigenvalue weighted by molar-refractivity contribution is -0.153. The van der Waals surface area contributed by atoms with Crippen molar-refractivity contribution in [1.29, 1.82) is 0 Å². The SMILES string of the molecule is COc1cc(OC)cc(C(=O)NCC(=O)O[C@H](C)C(=O)NCCC2=CCCCC2)c1. The van der Waals surface area contributed by atoms with Crippen LogP contribution in [0.25, 0.3) is 0 Å². The van der Waals surface area contributed by atoms with Crippen molar-refractivity contribution in [1.82, 2.24) is 10.6 Å². The topological polar surface area (TPSA) is 103 Å². The molecule has 0 unspecified atom stereocenters. The molecule has 2 amide bonds. The number of hydrogen-bond acceptors (Lipinski definition) is 6. The molecule has 1 aliphatic rings. The monoisotopic (exact) mass is 418 g/mol. The van der Waals surface area contributed by atoms with Gasteiger partial charge in [0.15, 0.2) is 6.10 Å². The normalized spacial score (nSPS) is 14.2. The highest BCUT2D eigenvalue weighted by Crippen LogP contribution is 2.22. The third kappa shape index (κ3) is 7.42. The highest BCUT2D eigenvalue weighted by atomic mass is 16.5. The van der Waals surface area contributed by atoms with Crippen LogP contribution in [0.15, 0.2) is 29.8 Å². The third-order valence-corrected chi connectivity index (χ3v) is 4.81. The summed E-state index contributed by atoms with van der Waals surface area (Å²) in [7, 11) is 2.96. The lowest BCUT2D eigenvalue weighted by Gasteiger charge is -2.16. The van der Waals surface area contributed by atoms with Gasteiger partial charge in [0.25, 0.3) is 11.8 Å². The van der Waals surface area contributed by atoms with Gasteiger partial charge in [-0.05, 0) is 51.2 Å². The molecule has 8 heteroatoms. The van der Waals surface area contributed by atoms with E-state index < -0.39 is 18.0 Å². The predicted molar refractivity (Wildman–Crippen MR) is 112 cm³/mol. The molecule has 0 radical (unpaired) electrons. The molecule has 2 rings (SSSR count). The number of ether oxygens (including phenoxy) is 3. The molecule has 30 heavy (non-hydrogen) atoms. The summed E-state index contributed by atoms with van der Waals surface area (Å²) >= 11 is 0. The molecule has 8 nitrogen and oxygen atoms in total. The number of amides is 2. The average Bonchev–Trinajstić information content (AvgIpc) is 2.77. The standard InChI is InChI=1S/C22H30N2O6/c1-15(21(26)23-10-9-16-7-5-4-6-8-16)30-20(25)14-24-22(27)17-11-18(28-2)13-19(12-17)29-3/h7,11-13,15H,4-6,8-10,14H2,1-3H3,(H,23,26)(H,24,27)/t15-/m1/s1. The number of methoxy groups -OCH3 is 2. The fourth-order valence-corrected chi connectivity index (χ4v) is 3.11. The van der Waals surface area contributed by atoms with E-state index in [-0.39, 0.29) is 18.0 Å². The minimum atomic E-state index is -0.938. The highest BCUT2D eigenvalue weighted by Gasteiger charge is 2.18. The first kappa shape index (κ1) is 23.3. The van der Waals surface area contributed by atoms with Crippen molar-refractivity contribution in [2.75, 3.05) is 27.3 Å². The first-order chi connectivity index (χ1) is 14.4. The molecule has 0 fully saturated rings. The number of allylic oxidation sites excluding steroid dienone is 1. The number of rotatable bonds is 10. The van der Waals surface area contributed by atoms with Crippen LogP contribution in [0.4, 0.5) is 0 Å². The maximum absolute atomic E-state index is 12.3. The van der Waals surface area contributed by atoms with Gasteiger partial charge in [-0.15, -0.1) is 0 Å². The average molecular weight is 418 g/mol. The Bertz CT molecular complexity index is 768. The summed E-state index contributed by atoms with van der Waals surface area (Å²) in [6.45, 7) is 1.66. The van der Waals surface area contributed by atoms with Gasteiger partial charge in [0, 0.05) is 18.2 Å². The third-order valence-electron chi connectivity index (χ3n) is 4.81. The van der Waals surface area contributed by atoms with Gasteiger partial charge in [0.1, 0.15) is 18.0 Å². The quantitative estimate of drug-likeness (QED) is 0.447. The molecule has 1 aliphatic carbocycles. The fraction of sp³-hybridized carbons (Fsp3) is 0.500. The van der Waals surface area contributed by atoms with E-state index in [4.69, 9.17) is 14.2 Å². The van der Waals surface area contributed by atoms with Crippen LogP contribution in [-0.2, 0) is 14.3 Å². The Labute approximate surface area is 176 Å². The number of esters is 1. The van der Waals surface area contributed by atoms with Crippen molar-refractivity contribution in [3.05, 3.63) is 35.4 Å². The molecule has 1 aromatic carbocycles. The molecule has 0 heterocycles. The summed E-state index contributed by atoms with van der Waals surface area (Å²) in [6.07, 6.45) is 6.72. The van der Waals surface area contributed by atoms with Crippen LogP contribution in [0.3, 0.4) is 0 Å². The number of carbonyl (C=O) groups is 3. The van der Waals surface area contributed by atoms with Crippen LogP contribution < -0.4 is 20.1 Å². The van der Waals surface area contributed by atoms with Crippen LogP contribution >= 0.6 is 0 Å². The summed E-state index contributed by atoms with van der Waals surface area (Å²) in [5.41, 5.74) is 1.64. The maximum atomic E-state index is 12.3. The van der Waals surface area contributed by atoms with Gasteiger partial charge in [0.2, 0.25) is 0 Å². The molecule has 0 spiro atoms. The second kappa shape index (κ2) is 11.8. The number of nitrogens with one attached hydrogen (secondary N) is 2. The van der Waals surface area contributed by atoms with E-state index in [1.54, 1.807) is 6.07 Å². The molecular formula is C22H30N2O6. The van der Waals surface area contributed by atoms with E-state index in [2.05, 4.69) is 16.7 Å². The molecule has 164 valence electrons. The first-order valence-corrected chi connectivity index (χ1v) is 10.1. The fourth-order valence-electron chi connectivity index (χ4n) is 3.11. The van der Waals surface area contributed by atoms with Crippen LogP contribution in [0, 0.1) is 0 Å². The van der Waals surface area contributed by atoms with Gasteiger partial charge >= 0.3 is 5.97 Å². The number of carbonyl (C=O) groups excluding carboxylic acids is 3. The van der Waals surface area contributed by atoms with Crippen LogP contribution in [0.2, 0.25) is 0 Å². The second-order valence-corrected chi connectivity index (χ2v) is 7.07. The van der Waals surface area contributed by atoms with Gasteiger partial charge in [-0.2, -0.15) is 0 Å². The predicted octanol–water partition coefficient (Wildman–Crippen LogP) is 2.37. The Morgan fingerprint density at radius 2 is 1.73 bits per heavy atom. The Balaban J connectivity index is 1.74. The number of benzene rings is 1. The van der Waals surface area contributed by atoms with E-state index in [0.717, 1.165) is 19.3 Å². The molecule has 0 aromatic heterocycles. The Kier molecular flexibility index (Phi) is 9.18. The van der Waals surface area contributed by atoms with E-state index in [1.807, 2.05) is 0 Å². The molecule has 0 saturated carbocycles. The summed E-state index contributed by atoms with van der Waals surface area (Å²) in [5.74, 6) is -0.630. The van der Waals surface area contributed by atoms with Crippen molar-refractivity contribution in [2.45, 2.75) is 45.1 Å². The van der Waals surface area contributed by atoms with Gasteiger partial charge in [0.05, 0.1) is 14.2 Å². The lowest BCUT2D eigenvalue weighted by atomic mass is 9.97. The maximum Gasteiger partial charge on any atom is 0.326 e. The zero-order valence-electron chi connectivity index (χ0n) is 17.8. The van der Waals surface area contributed by atoms with Crippen LogP contribution in [0.1, 0.15) is 49.4 Å². The minimum Gasteiger partial charge on any atom is -0.497 e. The summed E-state index contributed by atoms with van der Waals surface area (Å²) in [5, 5.41) is 5.25. The molecule has 0 aliphatic heterocycles. The minimum absolute atomic E-state index is 0.279. The smallest absolute Gasteiger partial charge is 0.326 e. The summed E-state index contributed by atoms with van der Waals surface area (Å²) in [4.78, 5) is 36.4.